The second-order valence-electron chi connectivity index (χ2n) is 6.38. The zero-order valence-corrected chi connectivity index (χ0v) is 14.6. The van der Waals surface area contributed by atoms with Crippen molar-refractivity contribution in [1.29, 1.82) is 0 Å². The molecule has 3 nitrogen and oxygen atoms in total. The maximum Gasteiger partial charge on any atom is 0.0693 e. The summed E-state index contributed by atoms with van der Waals surface area (Å²) in [5.74, 6) is 0. The van der Waals surface area contributed by atoms with E-state index in [-0.39, 0.29) is 5.54 Å². The van der Waals surface area contributed by atoms with Gasteiger partial charge in [0.25, 0.3) is 0 Å². The van der Waals surface area contributed by atoms with E-state index in [0.29, 0.717) is 0 Å². The number of piperidine rings is 1. The largest absolute Gasteiger partial charge is 0.382 e. The molecule has 2 heterocycles. The number of hydrogen-bond donors (Lipinski definition) is 1. The summed E-state index contributed by atoms with van der Waals surface area (Å²) in [6, 6.07) is 14.9. The van der Waals surface area contributed by atoms with Crippen molar-refractivity contribution < 1.29 is 4.74 Å². The number of hydrogen-bond acceptors (Lipinski definition) is 4. The Labute approximate surface area is 143 Å². The molecule has 1 saturated heterocycles. The molecular formula is C19H26N2OS. The van der Waals surface area contributed by atoms with Crippen LogP contribution in [0.25, 0.3) is 0 Å². The van der Waals surface area contributed by atoms with Crippen molar-refractivity contribution in [3.05, 3.63) is 52.7 Å². The number of nitrogens with zero attached hydrogens (tertiary/aromatic N) is 1. The lowest BCUT2D eigenvalue weighted by Crippen LogP contribution is -2.52. The van der Waals surface area contributed by atoms with Crippen LogP contribution < -0.4 is 5.32 Å². The standard InChI is InChI=1S/C19H26N2OS/c1-22-16-19(20-17-6-3-2-4-7-17)10-13-21(14-11-19)12-9-18-8-5-15-23-18/h2-8,15,20H,9-14,16H2,1H3. The van der Waals surface area contributed by atoms with Crippen LogP contribution in [0, 0.1) is 0 Å². The van der Waals surface area contributed by atoms with Crippen LogP contribution in [0.4, 0.5) is 5.69 Å². The zero-order valence-electron chi connectivity index (χ0n) is 13.8. The average molecular weight is 330 g/mol. The number of thiophene rings is 1. The van der Waals surface area contributed by atoms with Gasteiger partial charge in [-0.2, -0.15) is 0 Å². The molecule has 1 aliphatic heterocycles. The van der Waals surface area contributed by atoms with Crippen molar-refractivity contribution in [1.82, 2.24) is 4.90 Å². The van der Waals surface area contributed by atoms with Crippen LogP contribution in [0.2, 0.25) is 0 Å². The summed E-state index contributed by atoms with van der Waals surface area (Å²) in [5.41, 5.74) is 1.26. The number of rotatable bonds is 7. The van der Waals surface area contributed by atoms with Crippen LogP contribution in [0.1, 0.15) is 17.7 Å². The minimum Gasteiger partial charge on any atom is -0.382 e. The fraction of sp³-hybridized carbons (Fsp3) is 0.474. The fourth-order valence-corrected chi connectivity index (χ4v) is 4.04. The quantitative estimate of drug-likeness (QED) is 0.834. The van der Waals surface area contributed by atoms with Gasteiger partial charge in [-0.1, -0.05) is 24.3 Å². The first-order chi connectivity index (χ1) is 11.3. The number of benzene rings is 1. The minimum atomic E-state index is 0.0650. The van der Waals surface area contributed by atoms with Crippen LogP contribution in [-0.2, 0) is 11.2 Å². The second kappa shape index (κ2) is 7.95. The van der Waals surface area contributed by atoms with Crippen LogP contribution in [0.5, 0.6) is 0 Å². The molecule has 124 valence electrons. The molecule has 1 aliphatic rings. The van der Waals surface area contributed by atoms with E-state index in [0.717, 1.165) is 39.1 Å². The highest BCUT2D eigenvalue weighted by molar-refractivity contribution is 7.09. The van der Waals surface area contributed by atoms with Crippen molar-refractivity contribution >= 4 is 17.0 Å². The van der Waals surface area contributed by atoms with E-state index in [1.807, 2.05) is 11.3 Å². The molecule has 0 bridgehead atoms. The highest BCUT2D eigenvalue weighted by Crippen LogP contribution is 2.27. The average Bonchev–Trinajstić information content (AvgIpc) is 3.09. The number of methoxy groups -OCH3 is 1. The SMILES string of the molecule is COCC1(Nc2ccccc2)CCN(CCc2cccs2)CC1. The van der Waals surface area contributed by atoms with Gasteiger partial charge in [-0.15, -0.1) is 11.3 Å². The molecule has 1 aromatic carbocycles. The predicted octanol–water partition coefficient (Wildman–Crippen LogP) is 3.88. The molecule has 1 N–H and O–H groups in total. The Morgan fingerprint density at radius 2 is 1.91 bits per heavy atom. The number of anilines is 1. The predicted molar refractivity (Wildman–Crippen MR) is 98.4 cm³/mol. The third-order valence-electron chi connectivity index (χ3n) is 4.67. The lowest BCUT2D eigenvalue weighted by atomic mass is 9.87. The van der Waals surface area contributed by atoms with Gasteiger partial charge in [0.1, 0.15) is 0 Å². The van der Waals surface area contributed by atoms with Crippen molar-refractivity contribution in [2.45, 2.75) is 24.8 Å². The van der Waals surface area contributed by atoms with E-state index in [9.17, 15) is 0 Å². The molecule has 4 heteroatoms. The molecule has 0 atom stereocenters. The Hall–Kier alpha value is -1.36. The lowest BCUT2D eigenvalue weighted by molar-refractivity contribution is 0.0892. The molecule has 0 radical (unpaired) electrons. The highest BCUT2D eigenvalue weighted by Gasteiger charge is 2.34. The van der Waals surface area contributed by atoms with E-state index < -0.39 is 0 Å². The normalized spacial score (nSPS) is 18.0. The lowest BCUT2D eigenvalue weighted by Gasteiger charge is -2.42. The molecule has 1 fully saturated rings. The Morgan fingerprint density at radius 1 is 1.13 bits per heavy atom. The first-order valence-corrected chi connectivity index (χ1v) is 9.25. The van der Waals surface area contributed by atoms with Gasteiger partial charge in [0.15, 0.2) is 0 Å². The Bertz CT molecular complexity index is 562. The topological polar surface area (TPSA) is 24.5 Å². The molecule has 23 heavy (non-hydrogen) atoms. The zero-order chi connectivity index (χ0) is 16.0. The van der Waals surface area contributed by atoms with Crippen molar-refractivity contribution in [2.24, 2.45) is 0 Å². The number of likely N-dealkylation sites (tertiary alicyclic amines) is 1. The molecule has 0 saturated carbocycles. The molecule has 0 aliphatic carbocycles. The monoisotopic (exact) mass is 330 g/mol. The van der Waals surface area contributed by atoms with Crippen LogP contribution in [-0.4, -0.2) is 43.8 Å². The van der Waals surface area contributed by atoms with E-state index in [2.05, 4.69) is 58.1 Å². The van der Waals surface area contributed by atoms with Crippen molar-refractivity contribution in [3.8, 4) is 0 Å². The summed E-state index contributed by atoms with van der Waals surface area (Å²) in [6.07, 6.45) is 3.42. The van der Waals surface area contributed by atoms with Gasteiger partial charge in [0.05, 0.1) is 12.1 Å². The van der Waals surface area contributed by atoms with E-state index in [4.69, 9.17) is 4.74 Å². The maximum atomic E-state index is 5.53. The van der Waals surface area contributed by atoms with E-state index in [1.54, 1.807) is 7.11 Å². The smallest absolute Gasteiger partial charge is 0.0693 e. The summed E-state index contributed by atoms with van der Waals surface area (Å²) in [7, 11) is 1.80. The molecule has 1 aromatic heterocycles. The molecular weight excluding hydrogens is 304 g/mol. The minimum absolute atomic E-state index is 0.0650. The summed E-state index contributed by atoms with van der Waals surface area (Å²) in [4.78, 5) is 4.07. The summed E-state index contributed by atoms with van der Waals surface area (Å²) in [6.45, 7) is 4.19. The molecule has 2 aromatic rings. The van der Waals surface area contributed by atoms with Crippen LogP contribution in [0.15, 0.2) is 47.8 Å². The van der Waals surface area contributed by atoms with Crippen molar-refractivity contribution in [2.75, 3.05) is 38.7 Å². The van der Waals surface area contributed by atoms with Crippen LogP contribution >= 0.6 is 11.3 Å². The third kappa shape index (κ3) is 4.56. The van der Waals surface area contributed by atoms with Gasteiger partial charge in [0, 0.05) is 37.3 Å². The Morgan fingerprint density at radius 3 is 2.57 bits per heavy atom. The number of nitrogens with one attached hydrogen (secondary N) is 1. The second-order valence-corrected chi connectivity index (χ2v) is 7.41. The molecule has 0 unspecified atom stereocenters. The van der Waals surface area contributed by atoms with Gasteiger partial charge in [0.2, 0.25) is 0 Å². The van der Waals surface area contributed by atoms with Gasteiger partial charge in [-0.25, -0.2) is 0 Å². The van der Waals surface area contributed by atoms with Gasteiger partial charge in [-0.05, 0) is 42.8 Å². The Balaban J connectivity index is 1.54. The van der Waals surface area contributed by atoms with E-state index in [1.165, 1.54) is 17.0 Å². The maximum absolute atomic E-state index is 5.53. The fourth-order valence-electron chi connectivity index (χ4n) is 3.34. The number of ether oxygens (including phenoxy) is 1. The third-order valence-corrected chi connectivity index (χ3v) is 5.61. The van der Waals surface area contributed by atoms with Gasteiger partial charge >= 0.3 is 0 Å². The first-order valence-electron chi connectivity index (χ1n) is 8.37. The summed E-state index contributed by atoms with van der Waals surface area (Å²) < 4.78 is 5.53. The summed E-state index contributed by atoms with van der Waals surface area (Å²) in [5, 5.41) is 5.90. The molecule has 3 rings (SSSR count). The van der Waals surface area contributed by atoms with E-state index >= 15 is 0 Å². The van der Waals surface area contributed by atoms with Crippen molar-refractivity contribution in [3.63, 3.8) is 0 Å². The van der Waals surface area contributed by atoms with Gasteiger partial charge < -0.3 is 15.0 Å². The highest BCUT2D eigenvalue weighted by atomic mass is 32.1. The van der Waals surface area contributed by atoms with Gasteiger partial charge in [-0.3, -0.25) is 0 Å². The number of para-hydroxylation sites is 1. The molecule has 0 amide bonds. The van der Waals surface area contributed by atoms with Crippen LogP contribution in [0.3, 0.4) is 0 Å². The first kappa shape index (κ1) is 16.5. The molecule has 0 spiro atoms. The summed E-state index contributed by atoms with van der Waals surface area (Å²) >= 11 is 1.86. The Kier molecular flexibility index (Phi) is 5.70.